The van der Waals surface area contributed by atoms with E-state index in [-0.39, 0.29) is 18.3 Å². The molecule has 0 aliphatic rings. The molecule has 0 aliphatic carbocycles. The first-order valence-electron chi connectivity index (χ1n) is 6.07. The van der Waals surface area contributed by atoms with Gasteiger partial charge in [-0.25, -0.2) is 4.39 Å². The number of rotatable bonds is 4. The number of methoxy groups -OCH3 is 1. The lowest BCUT2D eigenvalue weighted by molar-refractivity contribution is 0.0950. The third-order valence-corrected chi connectivity index (χ3v) is 3.97. The molecule has 0 saturated carbocycles. The first kappa shape index (κ1) is 16.0. The molecule has 2 aromatic rings. The molecule has 6 heteroatoms. The summed E-state index contributed by atoms with van der Waals surface area (Å²) >= 11 is 6.60. The molecule has 1 amide bonds. The number of carbonyl (C=O) groups is 1. The van der Waals surface area contributed by atoms with Crippen LogP contribution < -0.4 is 10.1 Å². The molecule has 110 valence electrons. The van der Waals surface area contributed by atoms with Crippen molar-refractivity contribution >= 4 is 37.8 Å². The van der Waals surface area contributed by atoms with Crippen molar-refractivity contribution in [3.05, 3.63) is 62.3 Å². The smallest absolute Gasteiger partial charge is 0.251 e. The fourth-order valence-corrected chi connectivity index (χ4v) is 2.71. The predicted molar refractivity (Wildman–Crippen MR) is 86.0 cm³/mol. The topological polar surface area (TPSA) is 38.3 Å². The second-order valence-corrected chi connectivity index (χ2v) is 6.04. The van der Waals surface area contributed by atoms with Gasteiger partial charge in [0, 0.05) is 22.1 Å². The van der Waals surface area contributed by atoms with Crippen LogP contribution in [0.5, 0.6) is 5.75 Å². The van der Waals surface area contributed by atoms with Crippen LogP contribution in [0.4, 0.5) is 4.39 Å². The van der Waals surface area contributed by atoms with Crippen LogP contribution in [-0.4, -0.2) is 13.0 Å². The second kappa shape index (κ2) is 7.04. The molecular formula is C15H12Br2FNO2. The molecule has 2 rings (SSSR count). The van der Waals surface area contributed by atoms with Crippen molar-refractivity contribution in [1.29, 1.82) is 0 Å². The van der Waals surface area contributed by atoms with Crippen LogP contribution in [-0.2, 0) is 6.54 Å². The number of hydrogen-bond donors (Lipinski definition) is 1. The lowest BCUT2D eigenvalue weighted by atomic mass is 10.2. The Balaban J connectivity index is 2.08. The van der Waals surface area contributed by atoms with Crippen LogP contribution >= 0.6 is 31.9 Å². The summed E-state index contributed by atoms with van der Waals surface area (Å²) in [4.78, 5) is 12.1. The summed E-state index contributed by atoms with van der Waals surface area (Å²) in [6.07, 6.45) is 0. The van der Waals surface area contributed by atoms with Crippen molar-refractivity contribution in [2.24, 2.45) is 0 Å². The van der Waals surface area contributed by atoms with Crippen molar-refractivity contribution < 1.29 is 13.9 Å². The Kier molecular flexibility index (Phi) is 5.36. The molecule has 3 nitrogen and oxygen atoms in total. The van der Waals surface area contributed by atoms with E-state index in [0.29, 0.717) is 21.3 Å². The van der Waals surface area contributed by atoms with Crippen molar-refractivity contribution in [3.63, 3.8) is 0 Å². The number of nitrogens with one attached hydrogen (secondary N) is 1. The van der Waals surface area contributed by atoms with Crippen molar-refractivity contribution in [2.75, 3.05) is 7.11 Å². The van der Waals surface area contributed by atoms with E-state index in [9.17, 15) is 9.18 Å². The fraction of sp³-hybridized carbons (Fsp3) is 0.133. The summed E-state index contributed by atoms with van der Waals surface area (Å²) in [7, 11) is 1.55. The van der Waals surface area contributed by atoms with E-state index < -0.39 is 0 Å². The Hall–Kier alpha value is -1.40. The molecule has 0 aliphatic heterocycles. The van der Waals surface area contributed by atoms with E-state index in [4.69, 9.17) is 4.74 Å². The van der Waals surface area contributed by atoms with E-state index in [2.05, 4.69) is 37.2 Å². The highest BCUT2D eigenvalue weighted by Crippen LogP contribution is 2.25. The summed E-state index contributed by atoms with van der Waals surface area (Å²) in [6.45, 7) is 0.119. The third-order valence-electron chi connectivity index (χ3n) is 2.86. The highest BCUT2D eigenvalue weighted by atomic mass is 79.9. The van der Waals surface area contributed by atoms with Gasteiger partial charge < -0.3 is 10.1 Å². The Morgan fingerprint density at radius 1 is 1.24 bits per heavy atom. The predicted octanol–water partition coefficient (Wildman–Crippen LogP) is 4.29. The summed E-state index contributed by atoms with van der Waals surface area (Å²) in [5, 5.41) is 2.69. The molecule has 0 spiro atoms. The zero-order valence-corrected chi connectivity index (χ0v) is 14.3. The fourth-order valence-electron chi connectivity index (χ4n) is 1.76. The van der Waals surface area contributed by atoms with Gasteiger partial charge in [0.05, 0.1) is 11.6 Å². The third kappa shape index (κ3) is 4.04. The van der Waals surface area contributed by atoms with Gasteiger partial charge in [-0.05, 0) is 52.3 Å². The maximum Gasteiger partial charge on any atom is 0.251 e. The van der Waals surface area contributed by atoms with Crippen LogP contribution in [0, 0.1) is 5.82 Å². The average Bonchev–Trinajstić information content (AvgIpc) is 2.47. The standard InChI is InChI=1S/C15H12Br2FNO2/c1-21-14-5-2-9(7-12(14)17)15(20)19-8-10-6-11(16)3-4-13(10)18/h2-7H,8H2,1H3,(H,19,20). The molecule has 0 fully saturated rings. The molecule has 0 saturated heterocycles. The minimum atomic E-state index is -0.352. The number of carbonyl (C=O) groups excluding carboxylic acids is 1. The van der Waals surface area contributed by atoms with Gasteiger partial charge in [-0.2, -0.15) is 0 Å². The van der Waals surface area contributed by atoms with Crippen molar-refractivity contribution in [1.82, 2.24) is 5.32 Å². The average molecular weight is 417 g/mol. The van der Waals surface area contributed by atoms with Crippen molar-refractivity contribution in [2.45, 2.75) is 6.54 Å². The van der Waals surface area contributed by atoms with Crippen LogP contribution in [0.15, 0.2) is 45.3 Å². The lowest BCUT2D eigenvalue weighted by Crippen LogP contribution is -2.23. The first-order valence-corrected chi connectivity index (χ1v) is 7.65. The van der Waals surface area contributed by atoms with E-state index >= 15 is 0 Å². The summed E-state index contributed by atoms with van der Waals surface area (Å²) in [5.74, 6) is 0.0109. The van der Waals surface area contributed by atoms with Gasteiger partial charge in [-0.15, -0.1) is 0 Å². The zero-order valence-electron chi connectivity index (χ0n) is 11.1. The van der Waals surface area contributed by atoms with E-state index in [1.807, 2.05) is 0 Å². The molecule has 0 atom stereocenters. The monoisotopic (exact) mass is 415 g/mol. The van der Waals surface area contributed by atoms with E-state index in [1.165, 1.54) is 6.07 Å². The maximum atomic E-state index is 13.6. The largest absolute Gasteiger partial charge is 0.496 e. The van der Waals surface area contributed by atoms with Gasteiger partial charge in [-0.1, -0.05) is 15.9 Å². The molecule has 1 N–H and O–H groups in total. The Morgan fingerprint density at radius 2 is 2.00 bits per heavy atom. The number of benzene rings is 2. The van der Waals surface area contributed by atoms with Crippen molar-refractivity contribution in [3.8, 4) is 5.75 Å². The first-order chi connectivity index (χ1) is 10.0. The van der Waals surface area contributed by atoms with Crippen LogP contribution in [0.3, 0.4) is 0 Å². The quantitative estimate of drug-likeness (QED) is 0.807. The van der Waals surface area contributed by atoms with E-state index in [0.717, 1.165) is 4.47 Å². The van der Waals surface area contributed by atoms with Crippen LogP contribution in [0.25, 0.3) is 0 Å². The highest BCUT2D eigenvalue weighted by Gasteiger charge is 2.10. The molecule has 21 heavy (non-hydrogen) atoms. The maximum absolute atomic E-state index is 13.6. The van der Waals surface area contributed by atoms with Gasteiger partial charge >= 0.3 is 0 Å². The van der Waals surface area contributed by atoms with Crippen LogP contribution in [0.2, 0.25) is 0 Å². The molecule has 0 radical (unpaired) electrons. The Morgan fingerprint density at radius 3 is 2.67 bits per heavy atom. The zero-order chi connectivity index (χ0) is 15.4. The second-order valence-electron chi connectivity index (χ2n) is 4.27. The Labute approximate surface area is 138 Å². The van der Waals surface area contributed by atoms with Gasteiger partial charge in [-0.3, -0.25) is 4.79 Å². The molecule has 0 heterocycles. The number of ether oxygens (including phenoxy) is 1. The minimum absolute atomic E-state index is 0.119. The SMILES string of the molecule is COc1ccc(C(=O)NCc2cc(Br)ccc2F)cc1Br. The van der Waals surface area contributed by atoms with Gasteiger partial charge in [0.2, 0.25) is 0 Å². The molecule has 2 aromatic carbocycles. The molecule has 0 bridgehead atoms. The van der Waals surface area contributed by atoms with Gasteiger partial charge in [0.1, 0.15) is 11.6 Å². The van der Waals surface area contributed by atoms with E-state index in [1.54, 1.807) is 37.4 Å². The van der Waals surface area contributed by atoms with Gasteiger partial charge in [0.25, 0.3) is 5.91 Å². The van der Waals surface area contributed by atoms with Gasteiger partial charge in [0.15, 0.2) is 0 Å². The number of amides is 1. The minimum Gasteiger partial charge on any atom is -0.496 e. The molecule has 0 unspecified atom stereocenters. The normalized spacial score (nSPS) is 10.3. The summed E-state index contributed by atoms with van der Waals surface area (Å²) < 4.78 is 20.1. The number of halogens is 3. The Bertz CT molecular complexity index is 677. The molecular weight excluding hydrogens is 405 g/mol. The highest BCUT2D eigenvalue weighted by molar-refractivity contribution is 9.10. The summed E-state index contributed by atoms with van der Waals surface area (Å²) in [6, 6.07) is 9.61. The number of hydrogen-bond acceptors (Lipinski definition) is 2. The lowest BCUT2D eigenvalue weighted by Gasteiger charge is -2.09. The molecule has 0 aromatic heterocycles. The summed E-state index contributed by atoms with van der Waals surface area (Å²) in [5.41, 5.74) is 0.892. The van der Waals surface area contributed by atoms with Crippen LogP contribution in [0.1, 0.15) is 15.9 Å².